The average Bonchev–Trinajstić information content (AvgIpc) is 3.33. The van der Waals surface area contributed by atoms with E-state index in [1.165, 1.54) is 0 Å². The van der Waals surface area contributed by atoms with Gasteiger partial charge in [-0.1, -0.05) is 60.7 Å². The van der Waals surface area contributed by atoms with Gasteiger partial charge in [0.25, 0.3) is 0 Å². The number of aliphatic hydroxyl groups excluding tert-OH is 2. The summed E-state index contributed by atoms with van der Waals surface area (Å²) in [7, 11) is 0. The number of aliphatic hydroxyl groups is 2. The van der Waals surface area contributed by atoms with Crippen LogP contribution in [0.15, 0.2) is 60.7 Å². The summed E-state index contributed by atoms with van der Waals surface area (Å²) in [5, 5.41) is 19.5. The van der Waals surface area contributed by atoms with Crippen molar-refractivity contribution in [2.45, 2.75) is 37.0 Å². The highest BCUT2D eigenvalue weighted by Gasteiger charge is 2.49. The zero-order chi connectivity index (χ0) is 17.9. The highest BCUT2D eigenvalue weighted by Crippen LogP contribution is 2.40. The van der Waals surface area contributed by atoms with Crippen LogP contribution in [0, 0.1) is 0 Å². The maximum atomic E-state index is 9.74. The molecule has 0 amide bonds. The fraction of sp³-hybridized carbons (Fsp3) is 0.400. The minimum Gasteiger partial charge on any atom is -0.394 e. The van der Waals surface area contributed by atoms with Gasteiger partial charge in [-0.05, 0) is 0 Å². The lowest BCUT2D eigenvalue weighted by Gasteiger charge is -2.23. The largest absolute Gasteiger partial charge is 0.394 e. The second-order valence-electron chi connectivity index (χ2n) is 6.40. The molecular weight excluding hydrogens is 336 g/mol. The fourth-order valence-electron chi connectivity index (χ4n) is 3.40. The summed E-state index contributed by atoms with van der Waals surface area (Å²) in [5.74, 6) is 0. The second-order valence-corrected chi connectivity index (χ2v) is 6.40. The SMILES string of the molecule is OC[C@@H]1OC(c2ccccc2)O[C@@H]1[C@H]1OC(c2ccccc2)O[C@@H]1CO. The van der Waals surface area contributed by atoms with Gasteiger partial charge in [-0.25, -0.2) is 0 Å². The third kappa shape index (κ3) is 3.40. The van der Waals surface area contributed by atoms with Crippen molar-refractivity contribution in [2.75, 3.05) is 13.2 Å². The third-order valence-corrected chi connectivity index (χ3v) is 4.72. The highest BCUT2D eigenvalue weighted by molar-refractivity contribution is 5.18. The first-order chi connectivity index (χ1) is 12.8. The summed E-state index contributed by atoms with van der Waals surface area (Å²) < 4.78 is 23.8. The maximum Gasteiger partial charge on any atom is 0.184 e. The van der Waals surface area contributed by atoms with E-state index < -0.39 is 37.0 Å². The summed E-state index contributed by atoms with van der Waals surface area (Å²) in [5.41, 5.74) is 1.74. The Morgan fingerprint density at radius 1 is 0.577 bits per heavy atom. The van der Waals surface area contributed by atoms with Crippen LogP contribution in [0.5, 0.6) is 0 Å². The van der Waals surface area contributed by atoms with Crippen LogP contribution in [0.3, 0.4) is 0 Å². The molecule has 2 heterocycles. The normalized spacial score (nSPS) is 34.2. The van der Waals surface area contributed by atoms with Gasteiger partial charge < -0.3 is 29.2 Å². The van der Waals surface area contributed by atoms with E-state index >= 15 is 0 Å². The standard InChI is InChI=1S/C20H22O6/c21-11-15-17(25-19(23-15)13-7-3-1-4-8-13)18-16(12-22)24-20(26-18)14-9-5-2-6-10-14/h1-10,15-22H,11-12H2/t15-,16+,17-,18-,19?,20?/m0/s1. The Bertz CT molecular complexity index is 632. The summed E-state index contributed by atoms with van der Waals surface area (Å²) in [6, 6.07) is 19.1. The molecule has 0 aliphatic carbocycles. The first kappa shape index (κ1) is 17.6. The topological polar surface area (TPSA) is 77.4 Å². The Morgan fingerprint density at radius 2 is 0.962 bits per heavy atom. The van der Waals surface area contributed by atoms with E-state index in [1.54, 1.807) is 0 Å². The molecule has 6 nitrogen and oxygen atoms in total. The van der Waals surface area contributed by atoms with Crippen molar-refractivity contribution in [1.29, 1.82) is 0 Å². The average molecular weight is 358 g/mol. The number of rotatable bonds is 5. The Kier molecular flexibility index (Phi) is 5.31. The monoisotopic (exact) mass is 358 g/mol. The van der Waals surface area contributed by atoms with Crippen molar-refractivity contribution in [3.63, 3.8) is 0 Å². The maximum absolute atomic E-state index is 9.74. The molecule has 2 aromatic carbocycles. The summed E-state index contributed by atoms with van der Waals surface area (Å²) in [4.78, 5) is 0. The molecule has 26 heavy (non-hydrogen) atoms. The first-order valence-electron chi connectivity index (χ1n) is 8.73. The Balaban J connectivity index is 1.53. The van der Waals surface area contributed by atoms with Gasteiger partial charge in [0.1, 0.15) is 24.4 Å². The smallest absolute Gasteiger partial charge is 0.184 e. The van der Waals surface area contributed by atoms with Gasteiger partial charge >= 0.3 is 0 Å². The van der Waals surface area contributed by atoms with E-state index in [1.807, 2.05) is 60.7 Å². The summed E-state index contributed by atoms with van der Waals surface area (Å²) in [6.45, 7) is -0.413. The molecule has 0 radical (unpaired) electrons. The van der Waals surface area contributed by atoms with Crippen molar-refractivity contribution in [2.24, 2.45) is 0 Å². The second kappa shape index (κ2) is 7.84. The molecule has 0 spiro atoms. The van der Waals surface area contributed by atoms with Gasteiger partial charge in [0, 0.05) is 11.1 Å². The van der Waals surface area contributed by atoms with Gasteiger partial charge in [0.2, 0.25) is 0 Å². The van der Waals surface area contributed by atoms with Crippen LogP contribution in [0.2, 0.25) is 0 Å². The zero-order valence-corrected chi connectivity index (χ0v) is 14.2. The van der Waals surface area contributed by atoms with Crippen molar-refractivity contribution >= 4 is 0 Å². The van der Waals surface area contributed by atoms with E-state index in [-0.39, 0.29) is 13.2 Å². The molecule has 2 aromatic rings. The molecule has 0 bridgehead atoms. The third-order valence-electron chi connectivity index (χ3n) is 4.72. The summed E-state index contributed by atoms with van der Waals surface area (Å²) in [6.07, 6.45) is -3.38. The van der Waals surface area contributed by atoms with E-state index in [0.717, 1.165) is 11.1 Å². The lowest BCUT2D eigenvalue weighted by molar-refractivity contribution is -0.107. The minimum atomic E-state index is -0.586. The van der Waals surface area contributed by atoms with E-state index in [2.05, 4.69) is 0 Å². The quantitative estimate of drug-likeness (QED) is 0.851. The molecule has 2 fully saturated rings. The first-order valence-corrected chi connectivity index (χ1v) is 8.73. The van der Waals surface area contributed by atoms with Crippen molar-refractivity contribution < 1.29 is 29.2 Å². The Hall–Kier alpha value is -1.80. The molecule has 0 aromatic heterocycles. The zero-order valence-electron chi connectivity index (χ0n) is 14.2. The number of hydrogen-bond acceptors (Lipinski definition) is 6. The fourth-order valence-corrected chi connectivity index (χ4v) is 3.40. The number of benzene rings is 2. The van der Waals surface area contributed by atoms with Gasteiger partial charge in [0.15, 0.2) is 12.6 Å². The predicted molar refractivity (Wildman–Crippen MR) is 92.0 cm³/mol. The van der Waals surface area contributed by atoms with Gasteiger partial charge in [-0.15, -0.1) is 0 Å². The molecule has 2 saturated heterocycles. The highest BCUT2D eigenvalue weighted by atomic mass is 16.8. The predicted octanol–water partition coefficient (Wildman–Crippen LogP) is 1.94. The Morgan fingerprint density at radius 3 is 1.31 bits per heavy atom. The van der Waals surface area contributed by atoms with E-state index in [4.69, 9.17) is 18.9 Å². The van der Waals surface area contributed by atoms with Crippen LogP contribution < -0.4 is 0 Å². The van der Waals surface area contributed by atoms with Crippen LogP contribution in [-0.2, 0) is 18.9 Å². The Labute approximate surface area is 151 Å². The van der Waals surface area contributed by atoms with E-state index in [9.17, 15) is 10.2 Å². The van der Waals surface area contributed by atoms with Crippen molar-refractivity contribution in [3.05, 3.63) is 71.8 Å². The molecular formula is C20H22O6. The lowest BCUT2D eigenvalue weighted by atomic mass is 10.0. The van der Waals surface area contributed by atoms with Gasteiger partial charge in [-0.3, -0.25) is 0 Å². The number of hydrogen-bond donors (Lipinski definition) is 2. The van der Waals surface area contributed by atoms with Crippen LogP contribution >= 0.6 is 0 Å². The number of ether oxygens (including phenoxy) is 4. The molecule has 4 rings (SSSR count). The van der Waals surface area contributed by atoms with Gasteiger partial charge in [-0.2, -0.15) is 0 Å². The van der Waals surface area contributed by atoms with Crippen LogP contribution in [0.1, 0.15) is 23.7 Å². The van der Waals surface area contributed by atoms with Crippen LogP contribution in [0.4, 0.5) is 0 Å². The van der Waals surface area contributed by atoms with Crippen molar-refractivity contribution in [1.82, 2.24) is 0 Å². The molecule has 6 heteroatoms. The molecule has 2 unspecified atom stereocenters. The minimum absolute atomic E-state index is 0.206. The van der Waals surface area contributed by atoms with Crippen LogP contribution in [0.25, 0.3) is 0 Å². The molecule has 2 aliphatic heterocycles. The van der Waals surface area contributed by atoms with Crippen LogP contribution in [-0.4, -0.2) is 47.8 Å². The molecule has 2 aliphatic rings. The van der Waals surface area contributed by atoms with Gasteiger partial charge in [0.05, 0.1) is 13.2 Å². The lowest BCUT2D eigenvalue weighted by Crippen LogP contribution is -2.44. The molecule has 2 N–H and O–H groups in total. The van der Waals surface area contributed by atoms with Crippen molar-refractivity contribution in [3.8, 4) is 0 Å². The van der Waals surface area contributed by atoms with E-state index in [0.29, 0.717) is 0 Å². The molecule has 0 saturated carbocycles. The summed E-state index contributed by atoms with van der Waals surface area (Å²) >= 11 is 0. The molecule has 138 valence electrons. The molecule has 6 atom stereocenters.